The number of rotatable bonds is 7. The zero-order chi connectivity index (χ0) is 13.5. The molecule has 0 aromatic rings. The van der Waals surface area contributed by atoms with Crippen LogP contribution in [0.2, 0.25) is 0 Å². The molecule has 0 aliphatic carbocycles. The first-order valence-corrected chi connectivity index (χ1v) is 6.85. The summed E-state index contributed by atoms with van der Waals surface area (Å²) in [5, 5.41) is 2.67. The van der Waals surface area contributed by atoms with E-state index in [4.69, 9.17) is 5.73 Å². The van der Waals surface area contributed by atoms with Gasteiger partial charge in [-0.05, 0) is 32.3 Å². The van der Waals surface area contributed by atoms with E-state index in [1.165, 1.54) is 7.11 Å². The van der Waals surface area contributed by atoms with Gasteiger partial charge >= 0.3 is 5.97 Å². The lowest BCUT2D eigenvalue weighted by molar-refractivity contribution is -0.150. The van der Waals surface area contributed by atoms with Crippen LogP contribution in [0, 0.1) is 5.41 Å². The topological polar surface area (TPSA) is 81.4 Å². The van der Waals surface area contributed by atoms with Gasteiger partial charge in [-0.3, -0.25) is 9.59 Å². The zero-order valence-corrected chi connectivity index (χ0v) is 13.0. The second kappa shape index (κ2) is 9.47. The fourth-order valence-electron chi connectivity index (χ4n) is 1.16. The molecule has 0 fully saturated rings. The summed E-state index contributed by atoms with van der Waals surface area (Å²) in [5.74, 6) is 0.265. The van der Waals surface area contributed by atoms with Crippen LogP contribution in [0.4, 0.5) is 0 Å². The van der Waals surface area contributed by atoms with Gasteiger partial charge < -0.3 is 15.8 Å². The van der Waals surface area contributed by atoms with Crippen LogP contribution < -0.4 is 11.1 Å². The Morgan fingerprint density at radius 2 is 2.00 bits per heavy atom. The summed E-state index contributed by atoms with van der Waals surface area (Å²) in [6.45, 7) is 3.66. The van der Waals surface area contributed by atoms with Crippen LogP contribution in [0.1, 0.15) is 20.3 Å². The minimum Gasteiger partial charge on any atom is -0.469 e. The number of hydrogen-bond acceptors (Lipinski definition) is 5. The lowest BCUT2D eigenvalue weighted by Gasteiger charge is -2.22. The molecule has 0 heterocycles. The van der Waals surface area contributed by atoms with Crippen molar-refractivity contribution in [3.05, 3.63) is 0 Å². The van der Waals surface area contributed by atoms with Gasteiger partial charge in [0.1, 0.15) is 0 Å². The van der Waals surface area contributed by atoms with Crippen molar-refractivity contribution in [1.29, 1.82) is 0 Å². The maximum absolute atomic E-state index is 11.6. The molecular formula is C11H23ClN2O3S. The van der Waals surface area contributed by atoms with E-state index in [9.17, 15) is 9.59 Å². The van der Waals surface area contributed by atoms with Crippen molar-refractivity contribution in [3.8, 4) is 0 Å². The van der Waals surface area contributed by atoms with Gasteiger partial charge in [0.15, 0.2) is 0 Å². The molecule has 0 radical (unpaired) electrons. The molecule has 108 valence electrons. The second-order valence-corrected chi connectivity index (χ2v) is 5.47. The smallest absolute Gasteiger partial charge is 0.313 e. The van der Waals surface area contributed by atoms with E-state index in [1.807, 2.05) is 6.26 Å². The highest BCUT2D eigenvalue weighted by molar-refractivity contribution is 7.98. The lowest BCUT2D eigenvalue weighted by atomic mass is 9.93. The second-order valence-electron chi connectivity index (χ2n) is 4.48. The van der Waals surface area contributed by atoms with Crippen molar-refractivity contribution in [2.45, 2.75) is 26.3 Å². The number of nitrogens with one attached hydrogen (secondary N) is 1. The SMILES string of the molecule is COC(=O)C(C)(C)CNC(=O)[C@@H](N)CCSC.Cl. The van der Waals surface area contributed by atoms with E-state index in [-0.39, 0.29) is 30.8 Å². The molecule has 0 aromatic heterocycles. The predicted octanol–water partition coefficient (Wildman–Crippen LogP) is 0.804. The summed E-state index contributed by atoms with van der Waals surface area (Å²) in [7, 11) is 1.33. The maximum Gasteiger partial charge on any atom is 0.313 e. The zero-order valence-electron chi connectivity index (χ0n) is 11.3. The molecule has 0 aliphatic heterocycles. The first-order valence-electron chi connectivity index (χ1n) is 5.45. The quantitative estimate of drug-likeness (QED) is 0.680. The van der Waals surface area contributed by atoms with E-state index in [2.05, 4.69) is 10.1 Å². The summed E-state index contributed by atoms with van der Waals surface area (Å²) < 4.78 is 4.65. The number of thioether (sulfide) groups is 1. The normalized spacial score (nSPS) is 12.3. The fourth-order valence-corrected chi connectivity index (χ4v) is 1.65. The van der Waals surface area contributed by atoms with E-state index in [0.717, 1.165) is 5.75 Å². The standard InChI is InChI=1S/C11H22N2O3S.ClH/c1-11(2,10(15)16-3)7-13-9(14)8(12)5-6-17-4;/h8H,5-7,12H2,1-4H3,(H,13,14);1H/t8-;/m0./s1. The largest absolute Gasteiger partial charge is 0.469 e. The molecule has 18 heavy (non-hydrogen) atoms. The van der Waals surface area contributed by atoms with Crippen molar-refractivity contribution in [3.63, 3.8) is 0 Å². The number of carbonyl (C=O) groups is 2. The summed E-state index contributed by atoms with van der Waals surface area (Å²) in [4.78, 5) is 23.0. The monoisotopic (exact) mass is 298 g/mol. The van der Waals surface area contributed by atoms with E-state index >= 15 is 0 Å². The van der Waals surface area contributed by atoms with Crippen molar-refractivity contribution in [2.24, 2.45) is 11.1 Å². The minimum atomic E-state index is -0.733. The third kappa shape index (κ3) is 7.08. The number of hydrogen-bond donors (Lipinski definition) is 2. The van der Waals surface area contributed by atoms with Gasteiger partial charge in [-0.1, -0.05) is 0 Å². The number of amides is 1. The van der Waals surface area contributed by atoms with Gasteiger partial charge in [0.2, 0.25) is 5.91 Å². The van der Waals surface area contributed by atoms with Crippen LogP contribution in [0.15, 0.2) is 0 Å². The molecule has 1 atom stereocenters. The Balaban J connectivity index is 0. The first kappa shape index (κ1) is 19.9. The molecule has 0 spiro atoms. The van der Waals surface area contributed by atoms with E-state index < -0.39 is 11.5 Å². The summed E-state index contributed by atoms with van der Waals surface area (Å²) in [6, 6.07) is -0.518. The number of methoxy groups -OCH3 is 1. The highest BCUT2D eigenvalue weighted by atomic mass is 35.5. The van der Waals surface area contributed by atoms with Crippen molar-refractivity contribution in [2.75, 3.05) is 25.7 Å². The molecule has 0 saturated carbocycles. The Labute approximate surface area is 119 Å². The number of carbonyl (C=O) groups excluding carboxylic acids is 2. The molecule has 3 N–H and O–H groups in total. The van der Waals surface area contributed by atoms with Crippen molar-refractivity contribution >= 4 is 36.0 Å². The van der Waals surface area contributed by atoms with E-state index in [1.54, 1.807) is 25.6 Å². The number of nitrogens with two attached hydrogens (primary N) is 1. The Hall–Kier alpha value is -0.460. The fraction of sp³-hybridized carbons (Fsp3) is 0.818. The predicted molar refractivity (Wildman–Crippen MR) is 77.0 cm³/mol. The molecule has 0 aliphatic rings. The average Bonchev–Trinajstić information content (AvgIpc) is 2.31. The van der Waals surface area contributed by atoms with E-state index in [0.29, 0.717) is 6.42 Å². The van der Waals surface area contributed by atoms with Crippen LogP contribution in [-0.2, 0) is 14.3 Å². The van der Waals surface area contributed by atoms with Gasteiger partial charge in [0.25, 0.3) is 0 Å². The van der Waals surface area contributed by atoms with Crippen molar-refractivity contribution < 1.29 is 14.3 Å². The molecule has 0 unspecified atom stereocenters. The highest BCUT2D eigenvalue weighted by Gasteiger charge is 2.29. The number of esters is 1. The highest BCUT2D eigenvalue weighted by Crippen LogP contribution is 2.15. The average molecular weight is 299 g/mol. The van der Waals surface area contributed by atoms with Gasteiger partial charge in [-0.2, -0.15) is 11.8 Å². The third-order valence-electron chi connectivity index (χ3n) is 2.41. The Kier molecular flexibility index (Phi) is 10.5. The molecular weight excluding hydrogens is 276 g/mol. The van der Waals surface area contributed by atoms with Gasteiger partial charge in [-0.15, -0.1) is 12.4 Å². The maximum atomic E-state index is 11.6. The number of ether oxygens (including phenoxy) is 1. The van der Waals surface area contributed by atoms with Crippen LogP contribution in [-0.4, -0.2) is 43.6 Å². The van der Waals surface area contributed by atoms with Crippen LogP contribution in [0.25, 0.3) is 0 Å². The Bertz CT molecular complexity index is 275. The Morgan fingerprint density at radius 1 is 1.44 bits per heavy atom. The molecule has 0 saturated heterocycles. The van der Waals surface area contributed by atoms with Gasteiger partial charge in [-0.25, -0.2) is 0 Å². The summed E-state index contributed by atoms with van der Waals surface area (Å²) in [6.07, 6.45) is 2.59. The third-order valence-corrected chi connectivity index (χ3v) is 3.06. The number of halogens is 1. The van der Waals surface area contributed by atoms with Crippen LogP contribution in [0.3, 0.4) is 0 Å². The molecule has 0 aromatic carbocycles. The van der Waals surface area contributed by atoms with Gasteiger partial charge in [0, 0.05) is 6.54 Å². The van der Waals surface area contributed by atoms with Gasteiger partial charge in [0.05, 0.1) is 18.6 Å². The Morgan fingerprint density at radius 3 is 2.44 bits per heavy atom. The molecule has 5 nitrogen and oxygen atoms in total. The molecule has 1 amide bonds. The summed E-state index contributed by atoms with van der Waals surface area (Å²) >= 11 is 1.65. The lowest BCUT2D eigenvalue weighted by Crippen LogP contribution is -2.46. The molecule has 0 bridgehead atoms. The molecule has 7 heteroatoms. The van der Waals surface area contributed by atoms with Crippen molar-refractivity contribution in [1.82, 2.24) is 5.32 Å². The van der Waals surface area contributed by atoms with Crippen LogP contribution >= 0.6 is 24.2 Å². The molecule has 0 rings (SSSR count). The summed E-state index contributed by atoms with van der Waals surface area (Å²) in [5.41, 5.74) is 4.97. The first-order chi connectivity index (χ1) is 7.85. The minimum absolute atomic E-state index is 0. The van der Waals surface area contributed by atoms with Crippen LogP contribution in [0.5, 0.6) is 0 Å².